The van der Waals surface area contributed by atoms with Crippen LogP contribution in [0, 0.1) is 0 Å². The second kappa shape index (κ2) is 4.36. The number of hydrogen-bond acceptors (Lipinski definition) is 2. The molecule has 0 N–H and O–H groups in total. The summed E-state index contributed by atoms with van der Waals surface area (Å²) in [7, 11) is 0. The highest BCUT2D eigenvalue weighted by Crippen LogP contribution is 2.15. The molecule has 0 fully saturated rings. The minimum absolute atomic E-state index is 0.213. The number of furan rings is 1. The zero-order chi connectivity index (χ0) is 8.97. The van der Waals surface area contributed by atoms with Crippen LogP contribution in [0.3, 0.4) is 0 Å². The number of carbonyl (C=O) groups excluding carboxylic acids is 1. The summed E-state index contributed by atoms with van der Waals surface area (Å²) in [6.07, 6.45) is 4.50. The Morgan fingerprint density at radius 2 is 2.42 bits per heavy atom. The van der Waals surface area contributed by atoms with E-state index < -0.39 is 0 Å². The first-order valence-electron chi connectivity index (χ1n) is 4.05. The molecule has 1 rings (SSSR count). The van der Waals surface area contributed by atoms with Crippen LogP contribution in [0.2, 0.25) is 0 Å². The highest BCUT2D eigenvalue weighted by atomic mass is 32.1. The number of rotatable bonds is 4. The maximum absolute atomic E-state index is 10.9. The fraction of sp³-hybridized carbons (Fsp3) is 0.444. The molecule has 3 heteroatoms. The molecule has 1 aromatic rings. The van der Waals surface area contributed by atoms with Gasteiger partial charge in [-0.1, -0.05) is 13.3 Å². The molecule has 1 heterocycles. The van der Waals surface area contributed by atoms with Crippen molar-refractivity contribution < 1.29 is 9.21 Å². The lowest BCUT2D eigenvalue weighted by Gasteiger charge is -1.96. The van der Waals surface area contributed by atoms with Crippen molar-refractivity contribution in [3.05, 3.63) is 23.7 Å². The Morgan fingerprint density at radius 1 is 1.67 bits per heavy atom. The lowest BCUT2D eigenvalue weighted by atomic mass is 10.1. The average Bonchev–Trinajstić information content (AvgIpc) is 2.48. The summed E-state index contributed by atoms with van der Waals surface area (Å²) >= 11 is 3.75. The molecule has 1 aromatic heterocycles. The van der Waals surface area contributed by atoms with Gasteiger partial charge in [0.1, 0.15) is 5.76 Å². The summed E-state index contributed by atoms with van der Waals surface area (Å²) in [5.41, 5.74) is 0.604. The van der Waals surface area contributed by atoms with Crippen molar-refractivity contribution in [1.82, 2.24) is 0 Å². The topological polar surface area (TPSA) is 30.2 Å². The van der Waals surface area contributed by atoms with Gasteiger partial charge in [-0.3, -0.25) is 4.79 Å². The molecule has 0 radical (unpaired) electrons. The van der Waals surface area contributed by atoms with Crippen LogP contribution in [0.1, 0.15) is 35.9 Å². The third kappa shape index (κ3) is 2.14. The summed E-state index contributed by atoms with van der Waals surface area (Å²) in [4.78, 5) is 10.9. The van der Waals surface area contributed by atoms with Gasteiger partial charge in [-0.2, -0.15) is 0 Å². The van der Waals surface area contributed by atoms with E-state index in [-0.39, 0.29) is 5.12 Å². The third-order valence-electron chi connectivity index (χ3n) is 1.73. The number of thiol groups is 1. The maximum atomic E-state index is 10.9. The number of carbonyl (C=O) groups is 1. The molecule has 12 heavy (non-hydrogen) atoms. The van der Waals surface area contributed by atoms with E-state index in [0.717, 1.165) is 25.0 Å². The summed E-state index contributed by atoms with van der Waals surface area (Å²) in [6.45, 7) is 2.10. The molecular weight excluding hydrogens is 172 g/mol. The average molecular weight is 184 g/mol. The van der Waals surface area contributed by atoms with Gasteiger partial charge >= 0.3 is 0 Å². The molecular formula is C9H12O2S. The molecule has 0 spiro atoms. The summed E-state index contributed by atoms with van der Waals surface area (Å²) in [6, 6.07) is 1.67. The SMILES string of the molecule is CCCCc1occc1C(=O)S. The predicted molar refractivity (Wildman–Crippen MR) is 50.6 cm³/mol. The van der Waals surface area contributed by atoms with Gasteiger partial charge in [-0.15, -0.1) is 12.6 Å². The largest absolute Gasteiger partial charge is 0.469 e. The van der Waals surface area contributed by atoms with E-state index in [1.54, 1.807) is 6.07 Å². The second-order valence-electron chi connectivity index (χ2n) is 2.67. The summed E-state index contributed by atoms with van der Waals surface area (Å²) in [5.74, 6) is 0.761. The minimum Gasteiger partial charge on any atom is -0.469 e. The van der Waals surface area contributed by atoms with Gasteiger partial charge in [0.2, 0.25) is 5.12 Å². The van der Waals surface area contributed by atoms with Crippen molar-refractivity contribution in [2.75, 3.05) is 0 Å². The van der Waals surface area contributed by atoms with Crippen LogP contribution in [0.5, 0.6) is 0 Å². The Bertz CT molecular complexity index is 265. The van der Waals surface area contributed by atoms with Gasteiger partial charge < -0.3 is 4.42 Å². The predicted octanol–water partition coefficient (Wildman–Crippen LogP) is 2.69. The number of aryl methyl sites for hydroxylation is 1. The Balaban J connectivity index is 2.70. The van der Waals surface area contributed by atoms with Gasteiger partial charge in [0.05, 0.1) is 11.8 Å². The molecule has 0 aliphatic carbocycles. The van der Waals surface area contributed by atoms with Crippen LogP contribution in [-0.2, 0) is 6.42 Å². The van der Waals surface area contributed by atoms with Crippen LogP contribution in [0.4, 0.5) is 0 Å². The van der Waals surface area contributed by atoms with Crippen LogP contribution < -0.4 is 0 Å². The molecule has 0 aliphatic rings. The molecule has 0 bridgehead atoms. The Kier molecular flexibility index (Phi) is 3.41. The van der Waals surface area contributed by atoms with Crippen molar-refractivity contribution in [2.45, 2.75) is 26.2 Å². The van der Waals surface area contributed by atoms with E-state index in [1.807, 2.05) is 0 Å². The Labute approximate surface area is 77.4 Å². The maximum Gasteiger partial charge on any atom is 0.219 e. The monoisotopic (exact) mass is 184 g/mol. The van der Waals surface area contributed by atoms with Gasteiger partial charge in [-0.05, 0) is 12.5 Å². The quantitative estimate of drug-likeness (QED) is 0.729. The minimum atomic E-state index is -0.213. The summed E-state index contributed by atoms with van der Waals surface area (Å²) < 4.78 is 5.16. The first kappa shape index (κ1) is 9.39. The van der Waals surface area contributed by atoms with E-state index in [1.165, 1.54) is 6.26 Å². The lowest BCUT2D eigenvalue weighted by Crippen LogP contribution is -1.92. The fourth-order valence-electron chi connectivity index (χ4n) is 1.06. The van der Waals surface area contributed by atoms with Crippen LogP contribution in [-0.4, -0.2) is 5.12 Å². The van der Waals surface area contributed by atoms with E-state index in [4.69, 9.17) is 4.42 Å². The van der Waals surface area contributed by atoms with E-state index in [0.29, 0.717) is 5.56 Å². The summed E-state index contributed by atoms with van der Waals surface area (Å²) in [5, 5.41) is -0.213. The van der Waals surface area contributed by atoms with Crippen LogP contribution in [0.25, 0.3) is 0 Å². The molecule has 0 atom stereocenters. The van der Waals surface area contributed by atoms with Gasteiger partial charge in [0.25, 0.3) is 0 Å². The van der Waals surface area contributed by atoms with Gasteiger partial charge in [0.15, 0.2) is 0 Å². The molecule has 66 valence electrons. The molecule has 2 nitrogen and oxygen atoms in total. The van der Waals surface area contributed by atoms with Crippen molar-refractivity contribution in [1.29, 1.82) is 0 Å². The molecule has 0 saturated carbocycles. The van der Waals surface area contributed by atoms with Gasteiger partial charge in [-0.25, -0.2) is 0 Å². The van der Waals surface area contributed by atoms with E-state index in [9.17, 15) is 4.79 Å². The van der Waals surface area contributed by atoms with Gasteiger partial charge in [0, 0.05) is 6.42 Å². The van der Waals surface area contributed by atoms with Crippen LogP contribution in [0.15, 0.2) is 16.7 Å². The van der Waals surface area contributed by atoms with Crippen molar-refractivity contribution >= 4 is 17.7 Å². The van der Waals surface area contributed by atoms with E-state index in [2.05, 4.69) is 19.6 Å². The van der Waals surface area contributed by atoms with Crippen LogP contribution >= 0.6 is 12.6 Å². The molecule has 0 aromatic carbocycles. The number of hydrogen-bond donors (Lipinski definition) is 1. The highest BCUT2D eigenvalue weighted by Gasteiger charge is 2.09. The molecule has 0 unspecified atom stereocenters. The first-order chi connectivity index (χ1) is 5.75. The highest BCUT2D eigenvalue weighted by molar-refractivity contribution is 7.97. The van der Waals surface area contributed by atoms with Crippen molar-refractivity contribution in [2.24, 2.45) is 0 Å². The normalized spacial score (nSPS) is 10.2. The molecule has 0 saturated heterocycles. The van der Waals surface area contributed by atoms with E-state index >= 15 is 0 Å². The zero-order valence-electron chi connectivity index (χ0n) is 7.04. The van der Waals surface area contributed by atoms with Crippen molar-refractivity contribution in [3.63, 3.8) is 0 Å². The zero-order valence-corrected chi connectivity index (χ0v) is 7.93. The fourth-order valence-corrected chi connectivity index (χ4v) is 1.26. The second-order valence-corrected chi connectivity index (χ2v) is 3.07. The molecule has 0 amide bonds. The Morgan fingerprint density at radius 3 is 3.00 bits per heavy atom. The first-order valence-corrected chi connectivity index (χ1v) is 4.50. The van der Waals surface area contributed by atoms with Crippen molar-refractivity contribution in [3.8, 4) is 0 Å². The molecule has 0 aliphatic heterocycles. The lowest BCUT2D eigenvalue weighted by molar-refractivity contribution is 0.108. The third-order valence-corrected chi connectivity index (χ3v) is 1.97. The Hall–Kier alpha value is -0.700. The standard InChI is InChI=1S/C9H12O2S/c1-2-3-4-8-7(9(10)12)5-6-11-8/h5-6H,2-4H2,1H3,(H,10,12). The number of unbranched alkanes of at least 4 members (excludes halogenated alkanes) is 1. The smallest absolute Gasteiger partial charge is 0.219 e.